The molecule has 0 bridgehead atoms. The van der Waals surface area contributed by atoms with Crippen LogP contribution in [0.4, 0.5) is 17.3 Å². The van der Waals surface area contributed by atoms with Crippen molar-refractivity contribution in [2.45, 2.75) is 18.7 Å². The van der Waals surface area contributed by atoms with Gasteiger partial charge in [0, 0.05) is 32.4 Å². The molecule has 10 heteroatoms. The molecule has 2 aromatic heterocycles. The molecule has 0 radical (unpaired) electrons. The van der Waals surface area contributed by atoms with Crippen LogP contribution in [0, 0.1) is 13.8 Å². The number of methoxy groups -OCH3 is 1. The summed E-state index contributed by atoms with van der Waals surface area (Å²) < 4.78 is 33.3. The van der Waals surface area contributed by atoms with E-state index in [-0.39, 0.29) is 0 Å². The second-order valence-electron chi connectivity index (χ2n) is 7.55. The fourth-order valence-corrected chi connectivity index (χ4v) is 5.42. The summed E-state index contributed by atoms with van der Waals surface area (Å²) in [7, 11) is -2.01. The molecule has 32 heavy (non-hydrogen) atoms. The highest BCUT2D eigenvalue weighted by Crippen LogP contribution is 2.29. The highest BCUT2D eigenvalue weighted by atomic mass is 32.2. The molecule has 0 aliphatic carbocycles. The van der Waals surface area contributed by atoms with Gasteiger partial charge in [0.15, 0.2) is 11.6 Å². The first-order chi connectivity index (χ1) is 15.4. The zero-order valence-electron chi connectivity index (χ0n) is 18.3. The predicted octanol–water partition coefficient (Wildman–Crippen LogP) is 2.75. The summed E-state index contributed by atoms with van der Waals surface area (Å²) in [5.41, 5.74) is 2.38. The second-order valence-corrected chi connectivity index (χ2v) is 9.46. The molecule has 1 N–H and O–H groups in total. The number of hydrogen-bond donors (Lipinski definition) is 1. The number of ether oxygens (including phenoxy) is 1. The van der Waals surface area contributed by atoms with Gasteiger partial charge >= 0.3 is 0 Å². The van der Waals surface area contributed by atoms with Crippen molar-refractivity contribution in [3.05, 3.63) is 59.9 Å². The standard InChI is InChI=1S/C22H26N6O3S/c1-16-17(2)20(7-6-19(16)31-3)32(29,30)28-13-11-27(12-14-28)22-9-8-21(25-26-22)24-18-5-4-10-23-15-18/h4-10,15H,11-14H2,1-3H3,(H,24,25). The van der Waals surface area contributed by atoms with Crippen molar-refractivity contribution in [3.63, 3.8) is 0 Å². The van der Waals surface area contributed by atoms with Gasteiger partial charge in [-0.2, -0.15) is 4.31 Å². The number of benzene rings is 1. The molecule has 0 amide bonds. The smallest absolute Gasteiger partial charge is 0.243 e. The lowest BCUT2D eigenvalue weighted by Crippen LogP contribution is -2.49. The molecule has 4 rings (SSSR count). The van der Waals surface area contributed by atoms with Crippen molar-refractivity contribution in [3.8, 4) is 5.75 Å². The third-order valence-electron chi connectivity index (χ3n) is 5.67. The third-order valence-corrected chi connectivity index (χ3v) is 7.72. The van der Waals surface area contributed by atoms with E-state index in [2.05, 4.69) is 20.5 Å². The number of pyridine rings is 1. The molecule has 1 aromatic carbocycles. The van der Waals surface area contributed by atoms with E-state index in [1.807, 2.05) is 43.0 Å². The van der Waals surface area contributed by atoms with Crippen LogP contribution < -0.4 is 15.0 Å². The summed E-state index contributed by atoms with van der Waals surface area (Å²) in [6, 6.07) is 10.8. The van der Waals surface area contributed by atoms with Crippen LogP contribution >= 0.6 is 0 Å². The van der Waals surface area contributed by atoms with E-state index in [1.54, 1.807) is 31.6 Å². The molecule has 1 aliphatic heterocycles. The molecule has 3 heterocycles. The fraction of sp³-hybridized carbons (Fsp3) is 0.318. The van der Waals surface area contributed by atoms with E-state index in [0.29, 0.717) is 48.2 Å². The Kier molecular flexibility index (Phi) is 6.24. The van der Waals surface area contributed by atoms with Crippen molar-refractivity contribution in [2.75, 3.05) is 43.5 Å². The van der Waals surface area contributed by atoms with Crippen LogP contribution in [0.1, 0.15) is 11.1 Å². The topological polar surface area (TPSA) is 101 Å². The molecule has 1 saturated heterocycles. The molecule has 168 valence electrons. The molecule has 9 nitrogen and oxygen atoms in total. The predicted molar refractivity (Wildman–Crippen MR) is 123 cm³/mol. The van der Waals surface area contributed by atoms with Gasteiger partial charge in [-0.3, -0.25) is 4.98 Å². The van der Waals surface area contributed by atoms with Crippen molar-refractivity contribution in [2.24, 2.45) is 0 Å². The molecular formula is C22H26N6O3S. The summed E-state index contributed by atoms with van der Waals surface area (Å²) >= 11 is 0. The number of sulfonamides is 1. The van der Waals surface area contributed by atoms with Gasteiger partial charge in [-0.25, -0.2) is 8.42 Å². The Morgan fingerprint density at radius 3 is 2.38 bits per heavy atom. The van der Waals surface area contributed by atoms with Crippen LogP contribution in [-0.2, 0) is 10.0 Å². The highest BCUT2D eigenvalue weighted by molar-refractivity contribution is 7.89. The maximum atomic E-state index is 13.2. The number of nitrogens with one attached hydrogen (secondary N) is 1. The average Bonchev–Trinajstić information content (AvgIpc) is 2.82. The summed E-state index contributed by atoms with van der Waals surface area (Å²) in [5.74, 6) is 2.02. The van der Waals surface area contributed by atoms with E-state index in [0.717, 1.165) is 17.1 Å². The second kappa shape index (κ2) is 9.09. The molecule has 3 aromatic rings. The number of rotatable bonds is 6. The number of aromatic nitrogens is 3. The van der Waals surface area contributed by atoms with Gasteiger partial charge in [0.05, 0.1) is 23.9 Å². The first-order valence-corrected chi connectivity index (χ1v) is 11.7. The molecule has 0 unspecified atom stereocenters. The number of piperazine rings is 1. The zero-order valence-corrected chi connectivity index (χ0v) is 19.1. The van der Waals surface area contributed by atoms with Crippen LogP contribution in [0.2, 0.25) is 0 Å². The lowest BCUT2D eigenvalue weighted by molar-refractivity contribution is 0.382. The molecule has 0 atom stereocenters. The van der Waals surface area contributed by atoms with Gasteiger partial charge in [-0.1, -0.05) is 0 Å². The normalized spacial score (nSPS) is 14.9. The van der Waals surface area contributed by atoms with Crippen LogP contribution in [0.5, 0.6) is 5.75 Å². The largest absolute Gasteiger partial charge is 0.496 e. The molecule has 0 spiro atoms. The molecule has 0 saturated carbocycles. The fourth-order valence-electron chi connectivity index (χ4n) is 3.71. The van der Waals surface area contributed by atoms with E-state index in [4.69, 9.17) is 4.74 Å². The first-order valence-electron chi connectivity index (χ1n) is 10.3. The lowest BCUT2D eigenvalue weighted by atomic mass is 10.1. The third kappa shape index (κ3) is 4.37. The average molecular weight is 455 g/mol. The van der Waals surface area contributed by atoms with E-state index < -0.39 is 10.0 Å². The summed E-state index contributed by atoms with van der Waals surface area (Å²) in [5, 5.41) is 11.7. The van der Waals surface area contributed by atoms with Crippen molar-refractivity contribution in [1.29, 1.82) is 0 Å². The zero-order chi connectivity index (χ0) is 22.7. The van der Waals surface area contributed by atoms with Gasteiger partial charge in [-0.05, 0) is 61.4 Å². The van der Waals surface area contributed by atoms with Crippen molar-refractivity contribution < 1.29 is 13.2 Å². The van der Waals surface area contributed by atoms with E-state index in [1.165, 1.54) is 4.31 Å². The Labute approximate surface area is 188 Å². The van der Waals surface area contributed by atoms with Crippen LogP contribution in [0.25, 0.3) is 0 Å². The van der Waals surface area contributed by atoms with Gasteiger partial charge < -0.3 is 15.0 Å². The van der Waals surface area contributed by atoms with Gasteiger partial charge in [0.1, 0.15) is 5.75 Å². The Hall–Kier alpha value is -3.24. The van der Waals surface area contributed by atoms with Gasteiger partial charge in [0.2, 0.25) is 10.0 Å². The van der Waals surface area contributed by atoms with Gasteiger partial charge in [-0.15, -0.1) is 10.2 Å². The Balaban J connectivity index is 1.42. The Bertz CT molecular complexity index is 1180. The molecule has 1 fully saturated rings. The number of anilines is 3. The minimum atomic E-state index is -3.59. The highest BCUT2D eigenvalue weighted by Gasteiger charge is 2.30. The minimum absolute atomic E-state index is 0.329. The van der Waals surface area contributed by atoms with Crippen LogP contribution in [0.15, 0.2) is 53.7 Å². The van der Waals surface area contributed by atoms with E-state index >= 15 is 0 Å². The van der Waals surface area contributed by atoms with Crippen LogP contribution in [0.3, 0.4) is 0 Å². The number of nitrogens with zero attached hydrogens (tertiary/aromatic N) is 5. The number of hydrogen-bond acceptors (Lipinski definition) is 8. The molecular weight excluding hydrogens is 428 g/mol. The Morgan fingerprint density at radius 1 is 0.969 bits per heavy atom. The summed E-state index contributed by atoms with van der Waals surface area (Å²) in [4.78, 5) is 6.43. The quantitative estimate of drug-likeness (QED) is 0.607. The Morgan fingerprint density at radius 2 is 1.75 bits per heavy atom. The summed E-state index contributed by atoms with van der Waals surface area (Å²) in [6.45, 7) is 5.53. The van der Waals surface area contributed by atoms with Crippen LogP contribution in [-0.4, -0.2) is 61.2 Å². The maximum absolute atomic E-state index is 13.2. The van der Waals surface area contributed by atoms with Crippen molar-refractivity contribution >= 4 is 27.3 Å². The van der Waals surface area contributed by atoms with E-state index in [9.17, 15) is 8.42 Å². The molecule has 1 aliphatic rings. The van der Waals surface area contributed by atoms with Crippen molar-refractivity contribution in [1.82, 2.24) is 19.5 Å². The summed E-state index contributed by atoms with van der Waals surface area (Å²) in [6.07, 6.45) is 3.41. The SMILES string of the molecule is COc1ccc(S(=O)(=O)N2CCN(c3ccc(Nc4cccnc4)nn3)CC2)c(C)c1C. The van der Waals surface area contributed by atoms with Gasteiger partial charge in [0.25, 0.3) is 0 Å². The lowest BCUT2D eigenvalue weighted by Gasteiger charge is -2.34. The monoisotopic (exact) mass is 454 g/mol. The first kappa shape index (κ1) is 22.0. The minimum Gasteiger partial charge on any atom is -0.496 e. The maximum Gasteiger partial charge on any atom is 0.243 e.